The second kappa shape index (κ2) is 7.84. The number of rotatable bonds is 5. The van der Waals surface area contributed by atoms with Gasteiger partial charge in [-0.25, -0.2) is 0 Å². The van der Waals surface area contributed by atoms with Crippen molar-refractivity contribution in [3.63, 3.8) is 0 Å². The first-order valence-corrected chi connectivity index (χ1v) is 8.63. The van der Waals surface area contributed by atoms with Crippen molar-refractivity contribution < 1.29 is 14.5 Å². The molecule has 0 aliphatic rings. The van der Waals surface area contributed by atoms with Crippen LogP contribution >= 0.6 is 0 Å². The molecule has 6 nitrogen and oxygen atoms in total. The molecular formula is C22H18N2O4. The molecule has 6 heteroatoms. The highest BCUT2D eigenvalue weighted by molar-refractivity contribution is 6.15. The van der Waals surface area contributed by atoms with E-state index in [1.165, 1.54) is 18.2 Å². The molecule has 0 saturated carbocycles. The molecule has 0 heterocycles. The molecule has 0 bridgehead atoms. The fraction of sp³-hybridized carbons (Fsp3) is 0.0909. The summed E-state index contributed by atoms with van der Waals surface area (Å²) in [6.07, 6.45) is 0. The normalized spacial score (nSPS) is 10.4. The topological polar surface area (TPSA) is 89.3 Å². The predicted octanol–water partition coefficient (Wildman–Crippen LogP) is 4.69. The predicted molar refractivity (Wildman–Crippen MR) is 107 cm³/mol. The molecule has 3 rings (SSSR count). The van der Waals surface area contributed by atoms with Crippen molar-refractivity contribution in [2.45, 2.75) is 13.8 Å². The first-order chi connectivity index (χ1) is 13.3. The molecule has 140 valence electrons. The van der Waals surface area contributed by atoms with E-state index in [1.807, 2.05) is 19.9 Å². The number of carbonyl (C=O) groups is 2. The second-order valence-corrected chi connectivity index (χ2v) is 6.51. The van der Waals surface area contributed by atoms with E-state index in [1.54, 1.807) is 42.5 Å². The molecule has 0 radical (unpaired) electrons. The summed E-state index contributed by atoms with van der Waals surface area (Å²) in [5, 5.41) is 13.9. The van der Waals surface area contributed by atoms with Gasteiger partial charge in [-0.15, -0.1) is 0 Å². The van der Waals surface area contributed by atoms with Crippen LogP contribution < -0.4 is 5.32 Å². The summed E-state index contributed by atoms with van der Waals surface area (Å²) in [7, 11) is 0. The molecule has 3 aromatic rings. The molecule has 1 amide bonds. The van der Waals surface area contributed by atoms with Crippen LogP contribution in [0.3, 0.4) is 0 Å². The van der Waals surface area contributed by atoms with E-state index in [2.05, 4.69) is 5.32 Å². The molecule has 0 fully saturated rings. The Balaban J connectivity index is 2.01. The number of hydrogen-bond donors (Lipinski definition) is 1. The van der Waals surface area contributed by atoms with Gasteiger partial charge in [0.1, 0.15) is 0 Å². The number of hydrogen-bond acceptors (Lipinski definition) is 4. The van der Waals surface area contributed by atoms with E-state index in [0.717, 1.165) is 11.1 Å². The number of carbonyl (C=O) groups excluding carboxylic acids is 2. The van der Waals surface area contributed by atoms with Crippen molar-refractivity contribution in [3.05, 3.63) is 105 Å². The van der Waals surface area contributed by atoms with Crippen molar-refractivity contribution in [3.8, 4) is 0 Å². The number of nitro groups is 1. The van der Waals surface area contributed by atoms with E-state index in [0.29, 0.717) is 11.1 Å². The van der Waals surface area contributed by atoms with E-state index >= 15 is 0 Å². The number of benzene rings is 3. The minimum atomic E-state index is -0.572. The SMILES string of the molecule is Cc1cc(C)cc(C(=O)Nc2ccc([N+](=O)[O-])cc2C(=O)c2ccccc2)c1. The highest BCUT2D eigenvalue weighted by Gasteiger charge is 2.20. The number of non-ortho nitro benzene ring substituents is 1. The van der Waals surface area contributed by atoms with Crippen LogP contribution in [0.25, 0.3) is 0 Å². The van der Waals surface area contributed by atoms with Gasteiger partial charge < -0.3 is 5.32 Å². The van der Waals surface area contributed by atoms with Crippen molar-refractivity contribution in [2.24, 2.45) is 0 Å². The van der Waals surface area contributed by atoms with Gasteiger partial charge in [-0.1, -0.05) is 47.5 Å². The average Bonchev–Trinajstić information content (AvgIpc) is 2.67. The number of aryl methyl sites for hydroxylation is 2. The average molecular weight is 374 g/mol. The maximum atomic E-state index is 12.9. The maximum absolute atomic E-state index is 12.9. The zero-order valence-corrected chi connectivity index (χ0v) is 15.4. The zero-order chi connectivity index (χ0) is 20.3. The van der Waals surface area contributed by atoms with Gasteiger partial charge in [0.05, 0.1) is 16.2 Å². The highest BCUT2D eigenvalue weighted by Crippen LogP contribution is 2.25. The molecule has 3 aromatic carbocycles. The van der Waals surface area contributed by atoms with Gasteiger partial charge in [0.15, 0.2) is 5.78 Å². The Morgan fingerprint density at radius 1 is 0.857 bits per heavy atom. The fourth-order valence-electron chi connectivity index (χ4n) is 2.99. The molecule has 0 atom stereocenters. The summed E-state index contributed by atoms with van der Waals surface area (Å²) in [4.78, 5) is 36.2. The lowest BCUT2D eigenvalue weighted by atomic mass is 10.0. The van der Waals surface area contributed by atoms with Gasteiger partial charge >= 0.3 is 0 Å². The second-order valence-electron chi connectivity index (χ2n) is 6.51. The Kier molecular flexibility index (Phi) is 5.31. The Hall–Kier alpha value is -3.80. The molecule has 0 saturated heterocycles. The number of nitrogens with one attached hydrogen (secondary N) is 1. The highest BCUT2D eigenvalue weighted by atomic mass is 16.6. The molecular weight excluding hydrogens is 356 g/mol. The van der Waals surface area contributed by atoms with Crippen LogP contribution in [0, 0.1) is 24.0 Å². The minimum Gasteiger partial charge on any atom is -0.321 e. The molecule has 0 unspecified atom stereocenters. The summed E-state index contributed by atoms with van der Waals surface area (Å²) in [6.45, 7) is 3.78. The minimum absolute atomic E-state index is 0.0677. The fourth-order valence-corrected chi connectivity index (χ4v) is 2.99. The zero-order valence-electron chi connectivity index (χ0n) is 15.4. The largest absolute Gasteiger partial charge is 0.321 e. The third-order valence-electron chi connectivity index (χ3n) is 4.23. The van der Waals surface area contributed by atoms with Gasteiger partial charge in [0.2, 0.25) is 0 Å². The standard InChI is InChI=1S/C22H18N2O4/c1-14-10-15(2)12-17(11-14)22(26)23-20-9-8-18(24(27)28)13-19(20)21(25)16-6-4-3-5-7-16/h3-13H,1-2H3,(H,23,26). The van der Waals surface area contributed by atoms with Gasteiger partial charge in [-0.2, -0.15) is 0 Å². The van der Waals surface area contributed by atoms with Crippen LogP contribution in [-0.4, -0.2) is 16.6 Å². The van der Waals surface area contributed by atoms with Crippen LogP contribution in [0.4, 0.5) is 11.4 Å². The summed E-state index contributed by atoms with van der Waals surface area (Å²) in [6, 6.07) is 17.7. The Morgan fingerprint density at radius 3 is 2.11 bits per heavy atom. The summed E-state index contributed by atoms with van der Waals surface area (Å²) in [5.74, 6) is -0.789. The van der Waals surface area contributed by atoms with Crippen molar-refractivity contribution in [1.82, 2.24) is 0 Å². The van der Waals surface area contributed by atoms with Crippen molar-refractivity contribution in [1.29, 1.82) is 0 Å². The Bertz CT molecular complexity index is 1050. The van der Waals surface area contributed by atoms with Crippen molar-refractivity contribution >= 4 is 23.1 Å². The monoisotopic (exact) mass is 374 g/mol. The molecule has 0 aromatic heterocycles. The number of nitrogens with zero attached hydrogens (tertiary/aromatic N) is 1. The third kappa shape index (κ3) is 4.12. The van der Waals surface area contributed by atoms with Crippen LogP contribution in [-0.2, 0) is 0 Å². The molecule has 28 heavy (non-hydrogen) atoms. The lowest BCUT2D eigenvalue weighted by Crippen LogP contribution is -2.16. The molecule has 0 spiro atoms. The molecule has 0 aliphatic carbocycles. The van der Waals surface area contributed by atoms with E-state index in [9.17, 15) is 19.7 Å². The van der Waals surface area contributed by atoms with Crippen LogP contribution in [0.1, 0.15) is 37.4 Å². The van der Waals surface area contributed by atoms with E-state index in [-0.39, 0.29) is 22.8 Å². The quantitative estimate of drug-likeness (QED) is 0.398. The molecule has 0 aliphatic heterocycles. The lowest BCUT2D eigenvalue weighted by Gasteiger charge is -2.11. The maximum Gasteiger partial charge on any atom is 0.270 e. The van der Waals surface area contributed by atoms with E-state index in [4.69, 9.17) is 0 Å². The van der Waals surface area contributed by atoms with Gasteiger partial charge in [0.25, 0.3) is 11.6 Å². The number of anilines is 1. The summed E-state index contributed by atoms with van der Waals surface area (Å²) >= 11 is 0. The molecule has 1 N–H and O–H groups in total. The van der Waals surface area contributed by atoms with Crippen LogP contribution in [0.5, 0.6) is 0 Å². The summed E-state index contributed by atoms with van der Waals surface area (Å²) in [5.41, 5.74) is 2.79. The lowest BCUT2D eigenvalue weighted by molar-refractivity contribution is -0.384. The smallest absolute Gasteiger partial charge is 0.270 e. The number of amides is 1. The Labute approximate surface area is 162 Å². The van der Waals surface area contributed by atoms with Gasteiger partial charge in [0, 0.05) is 23.3 Å². The van der Waals surface area contributed by atoms with Gasteiger partial charge in [-0.3, -0.25) is 19.7 Å². The number of ketones is 1. The van der Waals surface area contributed by atoms with E-state index < -0.39 is 10.7 Å². The van der Waals surface area contributed by atoms with Crippen LogP contribution in [0.15, 0.2) is 66.7 Å². The third-order valence-corrected chi connectivity index (χ3v) is 4.23. The Morgan fingerprint density at radius 2 is 1.50 bits per heavy atom. The first kappa shape index (κ1) is 19.0. The van der Waals surface area contributed by atoms with Gasteiger partial charge in [-0.05, 0) is 32.0 Å². The summed E-state index contributed by atoms with van der Waals surface area (Å²) < 4.78 is 0. The number of nitro benzene ring substituents is 1. The van der Waals surface area contributed by atoms with Crippen molar-refractivity contribution in [2.75, 3.05) is 5.32 Å². The van der Waals surface area contributed by atoms with Crippen LogP contribution in [0.2, 0.25) is 0 Å². The first-order valence-electron chi connectivity index (χ1n) is 8.63.